The molecule has 0 bridgehead atoms. The Labute approximate surface area is 180 Å². The molecule has 2 amide bonds. The quantitative estimate of drug-likeness (QED) is 0.537. The van der Waals surface area contributed by atoms with Gasteiger partial charge in [-0.3, -0.25) is 14.4 Å². The van der Waals surface area contributed by atoms with Crippen LogP contribution in [-0.4, -0.2) is 36.3 Å². The number of likely N-dealkylation sites (N-methyl/N-ethyl adjacent to an activating group) is 1. The van der Waals surface area contributed by atoms with Crippen molar-refractivity contribution in [2.24, 2.45) is 0 Å². The van der Waals surface area contributed by atoms with Crippen LogP contribution in [0.5, 0.6) is 0 Å². The Bertz CT molecular complexity index is 987. The highest BCUT2D eigenvalue weighted by molar-refractivity contribution is 5.94. The van der Waals surface area contributed by atoms with Crippen molar-refractivity contribution in [1.29, 1.82) is 0 Å². The van der Waals surface area contributed by atoms with Gasteiger partial charge in [0.25, 0.3) is 11.8 Å². The van der Waals surface area contributed by atoms with E-state index < -0.39 is 12.0 Å². The van der Waals surface area contributed by atoms with E-state index in [2.05, 4.69) is 5.32 Å². The van der Waals surface area contributed by atoms with Crippen molar-refractivity contribution < 1.29 is 23.5 Å². The van der Waals surface area contributed by atoms with Crippen LogP contribution in [0.1, 0.15) is 34.1 Å². The maximum Gasteiger partial charge on any atom is 0.308 e. The average Bonchev–Trinajstić information content (AvgIpc) is 3.31. The fraction of sp³-hybridized carbons (Fsp3) is 0.208. The molecule has 3 rings (SSSR count). The van der Waals surface area contributed by atoms with Gasteiger partial charge in [0.15, 0.2) is 6.61 Å². The van der Waals surface area contributed by atoms with Gasteiger partial charge in [-0.2, -0.15) is 0 Å². The number of furan rings is 1. The van der Waals surface area contributed by atoms with E-state index in [1.165, 1.54) is 11.2 Å². The van der Waals surface area contributed by atoms with Gasteiger partial charge >= 0.3 is 5.97 Å². The number of carbonyl (C=O) groups excluding carboxylic acids is 3. The van der Waals surface area contributed by atoms with Gasteiger partial charge in [-0.1, -0.05) is 48.5 Å². The molecule has 2 aromatic carbocycles. The zero-order chi connectivity index (χ0) is 22.1. The number of hydrogen-bond acceptors (Lipinski definition) is 5. The molecule has 7 heteroatoms. The van der Waals surface area contributed by atoms with Gasteiger partial charge in [-0.05, 0) is 29.8 Å². The number of ether oxygens (including phenoxy) is 1. The molecular formula is C24H24N2O5. The molecule has 0 saturated heterocycles. The summed E-state index contributed by atoms with van der Waals surface area (Å²) in [7, 11) is 1.60. The molecule has 0 radical (unpaired) electrons. The van der Waals surface area contributed by atoms with Gasteiger partial charge in [0.05, 0.1) is 25.3 Å². The van der Waals surface area contributed by atoms with E-state index in [9.17, 15) is 14.4 Å². The largest absolute Gasteiger partial charge is 0.467 e. The third-order valence-corrected chi connectivity index (χ3v) is 4.67. The van der Waals surface area contributed by atoms with Crippen LogP contribution < -0.4 is 5.32 Å². The van der Waals surface area contributed by atoms with E-state index in [0.717, 1.165) is 5.56 Å². The molecule has 0 aliphatic rings. The highest BCUT2D eigenvalue weighted by Gasteiger charge is 2.21. The standard InChI is InChI=1S/C24H24N2O5/c1-26(16-20-13-8-14-30-20)22(27)17-31-23(28)15-21(18-9-4-2-5-10-18)25-24(29)19-11-6-3-7-12-19/h2-14,21H,15-17H2,1H3,(H,25,29). The summed E-state index contributed by atoms with van der Waals surface area (Å²) in [5.41, 5.74) is 1.26. The summed E-state index contributed by atoms with van der Waals surface area (Å²) in [6, 6.07) is 20.8. The number of hydrogen-bond donors (Lipinski definition) is 1. The molecule has 0 saturated carbocycles. The van der Waals surface area contributed by atoms with Crippen molar-refractivity contribution in [3.05, 3.63) is 95.9 Å². The fourth-order valence-corrected chi connectivity index (χ4v) is 2.97. The molecule has 3 aromatic rings. The number of esters is 1. The van der Waals surface area contributed by atoms with E-state index in [1.807, 2.05) is 36.4 Å². The molecule has 1 atom stereocenters. The van der Waals surface area contributed by atoms with E-state index in [4.69, 9.17) is 9.15 Å². The maximum atomic E-state index is 12.6. The number of nitrogens with zero attached hydrogens (tertiary/aromatic N) is 1. The van der Waals surface area contributed by atoms with E-state index in [1.54, 1.807) is 43.4 Å². The highest BCUT2D eigenvalue weighted by Crippen LogP contribution is 2.18. The first-order valence-electron chi connectivity index (χ1n) is 9.86. The summed E-state index contributed by atoms with van der Waals surface area (Å²) in [6.45, 7) is -0.104. The number of amides is 2. The molecule has 1 unspecified atom stereocenters. The Morgan fingerprint density at radius 2 is 1.65 bits per heavy atom. The first-order valence-corrected chi connectivity index (χ1v) is 9.86. The molecule has 31 heavy (non-hydrogen) atoms. The molecule has 0 aliphatic carbocycles. The summed E-state index contributed by atoms with van der Waals surface area (Å²) >= 11 is 0. The predicted octanol–water partition coefficient (Wildman–Crippen LogP) is 3.34. The van der Waals surface area contributed by atoms with Gasteiger partial charge in [0.2, 0.25) is 0 Å². The highest BCUT2D eigenvalue weighted by atomic mass is 16.5. The Morgan fingerprint density at radius 3 is 2.29 bits per heavy atom. The molecule has 0 spiro atoms. The van der Waals surface area contributed by atoms with Crippen molar-refractivity contribution in [3.63, 3.8) is 0 Å². The van der Waals surface area contributed by atoms with Crippen LogP contribution in [0.15, 0.2) is 83.5 Å². The van der Waals surface area contributed by atoms with Gasteiger partial charge in [-0.25, -0.2) is 0 Å². The van der Waals surface area contributed by atoms with Crippen LogP contribution in [0.3, 0.4) is 0 Å². The molecule has 0 aliphatic heterocycles. The van der Waals surface area contributed by atoms with Crippen LogP contribution in [0.4, 0.5) is 0 Å². The second-order valence-corrected chi connectivity index (χ2v) is 7.00. The Hall–Kier alpha value is -3.87. The van der Waals surface area contributed by atoms with Crippen molar-refractivity contribution in [3.8, 4) is 0 Å². The fourth-order valence-electron chi connectivity index (χ4n) is 2.97. The minimum absolute atomic E-state index is 0.0994. The van der Waals surface area contributed by atoms with Crippen LogP contribution in [0.25, 0.3) is 0 Å². The van der Waals surface area contributed by atoms with Gasteiger partial charge in [0.1, 0.15) is 5.76 Å². The van der Waals surface area contributed by atoms with E-state index in [-0.39, 0.29) is 31.4 Å². The minimum atomic E-state index is -0.586. The van der Waals surface area contributed by atoms with Crippen molar-refractivity contribution in [1.82, 2.24) is 10.2 Å². The van der Waals surface area contributed by atoms with Crippen LogP contribution >= 0.6 is 0 Å². The third-order valence-electron chi connectivity index (χ3n) is 4.67. The number of nitrogens with one attached hydrogen (secondary N) is 1. The summed E-state index contributed by atoms with van der Waals surface area (Å²) < 4.78 is 10.4. The Kier molecular flexibility index (Phi) is 7.59. The van der Waals surface area contributed by atoms with Crippen LogP contribution in [0.2, 0.25) is 0 Å². The number of rotatable bonds is 9. The molecule has 1 N–H and O–H groups in total. The lowest BCUT2D eigenvalue weighted by atomic mass is 10.0. The lowest BCUT2D eigenvalue weighted by Gasteiger charge is -2.19. The monoisotopic (exact) mass is 420 g/mol. The lowest BCUT2D eigenvalue weighted by Crippen LogP contribution is -2.33. The minimum Gasteiger partial charge on any atom is -0.467 e. The van der Waals surface area contributed by atoms with Crippen LogP contribution in [-0.2, 0) is 20.9 Å². The first kappa shape index (κ1) is 21.8. The zero-order valence-electron chi connectivity index (χ0n) is 17.2. The van der Waals surface area contributed by atoms with Gasteiger partial charge in [0, 0.05) is 12.6 Å². The second-order valence-electron chi connectivity index (χ2n) is 7.00. The summed E-state index contributed by atoms with van der Waals surface area (Å²) in [4.78, 5) is 38.7. The predicted molar refractivity (Wildman–Crippen MR) is 114 cm³/mol. The summed E-state index contributed by atoms with van der Waals surface area (Å²) in [5, 5.41) is 2.87. The maximum absolute atomic E-state index is 12.6. The summed E-state index contributed by atoms with van der Waals surface area (Å²) in [6.07, 6.45) is 1.43. The molecule has 160 valence electrons. The molecule has 1 aromatic heterocycles. The third kappa shape index (κ3) is 6.57. The molecular weight excluding hydrogens is 396 g/mol. The molecule has 7 nitrogen and oxygen atoms in total. The number of benzene rings is 2. The first-order chi connectivity index (χ1) is 15.0. The lowest BCUT2D eigenvalue weighted by molar-refractivity contribution is -0.152. The van der Waals surface area contributed by atoms with Gasteiger partial charge < -0.3 is 19.4 Å². The van der Waals surface area contributed by atoms with E-state index in [0.29, 0.717) is 11.3 Å². The normalized spacial score (nSPS) is 11.4. The SMILES string of the molecule is CN(Cc1ccco1)C(=O)COC(=O)CC(NC(=O)c1ccccc1)c1ccccc1. The molecule has 1 heterocycles. The summed E-state index contributed by atoms with van der Waals surface area (Å²) in [5.74, 6) is -0.595. The Morgan fingerprint density at radius 1 is 0.968 bits per heavy atom. The second kappa shape index (κ2) is 10.8. The van der Waals surface area contributed by atoms with E-state index >= 15 is 0 Å². The van der Waals surface area contributed by atoms with Gasteiger partial charge in [-0.15, -0.1) is 0 Å². The zero-order valence-corrected chi connectivity index (χ0v) is 17.2. The Balaban J connectivity index is 1.58. The van der Waals surface area contributed by atoms with Crippen molar-refractivity contribution in [2.75, 3.05) is 13.7 Å². The molecule has 0 fully saturated rings. The topological polar surface area (TPSA) is 88.8 Å². The number of carbonyl (C=O) groups is 3. The average molecular weight is 420 g/mol. The van der Waals surface area contributed by atoms with Crippen LogP contribution in [0, 0.1) is 0 Å². The van der Waals surface area contributed by atoms with Crippen molar-refractivity contribution >= 4 is 17.8 Å². The smallest absolute Gasteiger partial charge is 0.308 e. The van der Waals surface area contributed by atoms with Crippen molar-refractivity contribution in [2.45, 2.75) is 19.0 Å².